The molecule has 2 heterocycles. The molecular formula is C22H28N6OS. The highest BCUT2D eigenvalue weighted by atomic mass is 32.2. The first kappa shape index (κ1) is 20.9. The Bertz CT molecular complexity index is 974. The molecular weight excluding hydrogens is 396 g/mol. The molecule has 2 atom stereocenters. The molecule has 1 unspecified atom stereocenters. The molecule has 0 bridgehead atoms. The molecule has 158 valence electrons. The van der Waals surface area contributed by atoms with Crippen molar-refractivity contribution >= 4 is 23.1 Å². The number of nitrogen functional groups attached to an aromatic ring is 1. The smallest absolute Gasteiger partial charge is 0.228 e. The Morgan fingerprint density at radius 3 is 2.63 bits per heavy atom. The van der Waals surface area contributed by atoms with E-state index in [4.69, 9.17) is 5.73 Å². The van der Waals surface area contributed by atoms with Gasteiger partial charge in [0.15, 0.2) is 0 Å². The van der Waals surface area contributed by atoms with E-state index >= 15 is 0 Å². The second-order valence-electron chi connectivity index (χ2n) is 9.25. The first-order chi connectivity index (χ1) is 14.2. The number of aromatic nitrogens is 2. The first-order valence-corrected chi connectivity index (χ1v) is 11.4. The summed E-state index contributed by atoms with van der Waals surface area (Å²) in [5, 5.41) is 9.19. The molecule has 1 aromatic carbocycles. The number of nitrogens with two attached hydrogens (primary N) is 1. The van der Waals surface area contributed by atoms with Crippen molar-refractivity contribution in [3.8, 4) is 6.07 Å². The normalized spacial score (nSPS) is 21.3. The number of rotatable bonds is 3. The van der Waals surface area contributed by atoms with Crippen molar-refractivity contribution < 1.29 is 4.55 Å². The van der Waals surface area contributed by atoms with Crippen molar-refractivity contribution in [2.24, 2.45) is 5.41 Å². The predicted molar refractivity (Wildman–Crippen MR) is 119 cm³/mol. The summed E-state index contributed by atoms with van der Waals surface area (Å²) >= 11 is -1.16. The molecule has 0 radical (unpaired) electrons. The van der Waals surface area contributed by atoms with E-state index in [0.29, 0.717) is 11.8 Å². The monoisotopic (exact) mass is 424 g/mol. The summed E-state index contributed by atoms with van der Waals surface area (Å²) in [6.45, 7) is 7.52. The molecule has 0 saturated carbocycles. The van der Waals surface area contributed by atoms with Gasteiger partial charge in [-0.25, -0.2) is 4.98 Å². The van der Waals surface area contributed by atoms with Gasteiger partial charge in [-0.15, -0.1) is 4.72 Å². The van der Waals surface area contributed by atoms with E-state index in [-0.39, 0.29) is 21.9 Å². The van der Waals surface area contributed by atoms with Gasteiger partial charge >= 0.3 is 0 Å². The summed E-state index contributed by atoms with van der Waals surface area (Å²) in [5.41, 5.74) is 8.74. The van der Waals surface area contributed by atoms with Crippen LogP contribution in [0.5, 0.6) is 0 Å². The van der Waals surface area contributed by atoms with Crippen LogP contribution >= 0.6 is 0 Å². The van der Waals surface area contributed by atoms with Crippen LogP contribution in [0.4, 0.5) is 11.8 Å². The first-order valence-electron chi connectivity index (χ1n) is 10.3. The number of fused-ring (bicyclic) bond motifs is 1. The Balaban J connectivity index is 1.58. The molecule has 1 aromatic heterocycles. The zero-order valence-electron chi connectivity index (χ0n) is 17.7. The van der Waals surface area contributed by atoms with Crippen molar-refractivity contribution in [2.75, 3.05) is 23.7 Å². The molecule has 1 saturated heterocycles. The second-order valence-corrected chi connectivity index (χ2v) is 11.2. The Kier molecular flexibility index (Phi) is 5.39. The molecule has 1 aliphatic carbocycles. The fourth-order valence-electron chi connectivity index (χ4n) is 4.53. The number of piperidine rings is 1. The molecule has 3 N–H and O–H groups in total. The Hall–Kier alpha value is -2.34. The Morgan fingerprint density at radius 1 is 1.27 bits per heavy atom. The number of benzene rings is 1. The van der Waals surface area contributed by atoms with Gasteiger partial charge in [0.25, 0.3) is 0 Å². The van der Waals surface area contributed by atoms with Crippen LogP contribution in [0.2, 0.25) is 0 Å². The number of hydrogen-bond acceptors (Lipinski definition) is 7. The molecule has 1 spiro atoms. The van der Waals surface area contributed by atoms with E-state index in [1.807, 2.05) is 26.8 Å². The van der Waals surface area contributed by atoms with Gasteiger partial charge in [0, 0.05) is 35.9 Å². The fourth-order valence-corrected chi connectivity index (χ4v) is 5.47. The van der Waals surface area contributed by atoms with Gasteiger partial charge in [0.05, 0.1) is 6.04 Å². The minimum atomic E-state index is -1.16. The minimum absolute atomic E-state index is 0.000516. The lowest BCUT2D eigenvalue weighted by atomic mass is 9.73. The summed E-state index contributed by atoms with van der Waals surface area (Å²) in [4.78, 5) is 10.8. The summed E-state index contributed by atoms with van der Waals surface area (Å²) in [5.74, 6) is 0.824. The van der Waals surface area contributed by atoms with Gasteiger partial charge in [0.1, 0.15) is 22.3 Å². The highest BCUT2D eigenvalue weighted by Gasteiger charge is 2.50. The maximum Gasteiger partial charge on any atom is 0.228 e. The topological polar surface area (TPSA) is 114 Å². The third kappa shape index (κ3) is 3.85. The van der Waals surface area contributed by atoms with Crippen LogP contribution in [0, 0.1) is 16.7 Å². The third-order valence-corrected chi connectivity index (χ3v) is 7.75. The van der Waals surface area contributed by atoms with Crippen LogP contribution in [0.3, 0.4) is 0 Å². The van der Waals surface area contributed by atoms with Crippen molar-refractivity contribution in [3.63, 3.8) is 0 Å². The third-order valence-electron chi connectivity index (χ3n) is 6.19. The maximum atomic E-state index is 13.0. The quantitative estimate of drug-likeness (QED) is 0.728. The van der Waals surface area contributed by atoms with Crippen molar-refractivity contribution in [1.82, 2.24) is 14.7 Å². The molecule has 7 nitrogen and oxygen atoms in total. The van der Waals surface area contributed by atoms with Crippen LogP contribution < -0.4 is 15.4 Å². The van der Waals surface area contributed by atoms with Gasteiger partial charge < -0.3 is 15.2 Å². The highest BCUT2D eigenvalue weighted by Crippen LogP contribution is 2.52. The van der Waals surface area contributed by atoms with Crippen molar-refractivity contribution in [1.29, 1.82) is 5.26 Å². The Morgan fingerprint density at radius 2 is 1.97 bits per heavy atom. The van der Waals surface area contributed by atoms with Crippen LogP contribution in [0.1, 0.15) is 56.5 Å². The number of hydrogen-bond donors (Lipinski definition) is 2. The van der Waals surface area contributed by atoms with Crippen LogP contribution in [0.25, 0.3) is 0 Å². The standard InChI is InChI=1S/C22H28N6OS/c1-21(2,3)30(29)27-19-17-7-5-4-6-15(17)13-22(19)8-10-28(11-9-22)20-25-16(14-23)12-18(24)26-20/h4-7,12,19,27H,8-11,13H2,1-3H3,(H2,24,25,26)/t19-,30?/m1/s1. The highest BCUT2D eigenvalue weighted by molar-refractivity contribution is 7.90. The average molecular weight is 425 g/mol. The van der Waals surface area contributed by atoms with Gasteiger partial charge in [-0.1, -0.05) is 24.3 Å². The van der Waals surface area contributed by atoms with E-state index in [2.05, 4.69) is 43.9 Å². The van der Waals surface area contributed by atoms with Gasteiger partial charge in [-0.2, -0.15) is 10.2 Å². The van der Waals surface area contributed by atoms with Gasteiger partial charge in [-0.05, 0) is 51.2 Å². The maximum absolute atomic E-state index is 13.0. The lowest BCUT2D eigenvalue weighted by Gasteiger charge is -2.43. The molecule has 0 amide bonds. The van der Waals surface area contributed by atoms with Crippen LogP contribution in [0.15, 0.2) is 30.3 Å². The van der Waals surface area contributed by atoms with Crippen LogP contribution in [-0.4, -0.2) is 32.4 Å². The van der Waals surface area contributed by atoms with E-state index in [1.54, 1.807) is 0 Å². The molecule has 8 heteroatoms. The fraction of sp³-hybridized carbons (Fsp3) is 0.500. The molecule has 4 rings (SSSR count). The second kappa shape index (κ2) is 7.73. The molecule has 1 aliphatic heterocycles. The summed E-state index contributed by atoms with van der Waals surface area (Å²) in [7, 11) is 0. The predicted octanol–water partition coefficient (Wildman–Crippen LogP) is 2.87. The zero-order chi connectivity index (χ0) is 21.5. The largest absolute Gasteiger partial charge is 0.598 e. The minimum Gasteiger partial charge on any atom is -0.598 e. The van der Waals surface area contributed by atoms with Crippen molar-refractivity contribution in [2.45, 2.75) is 50.8 Å². The number of nitriles is 1. The molecule has 1 fully saturated rings. The molecule has 2 aliphatic rings. The SMILES string of the molecule is CC(C)(C)[S+]([O-])N[C@@H]1c2ccccc2CC12CCN(c1nc(N)cc(C#N)n1)CC2. The zero-order valence-corrected chi connectivity index (χ0v) is 18.5. The van der Waals surface area contributed by atoms with E-state index in [0.717, 1.165) is 32.4 Å². The molecule has 2 aromatic rings. The van der Waals surface area contributed by atoms with E-state index < -0.39 is 11.4 Å². The van der Waals surface area contributed by atoms with Gasteiger partial charge in [-0.3, -0.25) is 0 Å². The summed E-state index contributed by atoms with van der Waals surface area (Å²) in [6, 6.07) is 12.1. The molecule has 30 heavy (non-hydrogen) atoms. The summed E-state index contributed by atoms with van der Waals surface area (Å²) in [6.07, 6.45) is 2.80. The lowest BCUT2D eigenvalue weighted by molar-refractivity contribution is 0.175. The van der Waals surface area contributed by atoms with Gasteiger partial charge in [0.2, 0.25) is 5.95 Å². The number of nitrogens with zero attached hydrogens (tertiary/aromatic N) is 4. The number of nitrogens with one attached hydrogen (secondary N) is 1. The van der Waals surface area contributed by atoms with E-state index in [1.165, 1.54) is 17.2 Å². The number of anilines is 2. The lowest BCUT2D eigenvalue weighted by Crippen LogP contribution is -2.50. The van der Waals surface area contributed by atoms with Crippen LogP contribution in [-0.2, 0) is 17.8 Å². The summed E-state index contributed by atoms with van der Waals surface area (Å²) < 4.78 is 16.1. The average Bonchev–Trinajstić information content (AvgIpc) is 3.00. The Labute approximate surface area is 181 Å². The van der Waals surface area contributed by atoms with E-state index in [9.17, 15) is 9.81 Å². The van der Waals surface area contributed by atoms with Crippen molar-refractivity contribution in [3.05, 3.63) is 47.2 Å².